The predicted octanol–water partition coefficient (Wildman–Crippen LogP) is 1.66. The second-order valence-corrected chi connectivity index (χ2v) is 5.37. The molecule has 0 aliphatic rings. The van der Waals surface area contributed by atoms with Crippen molar-refractivity contribution in [1.82, 2.24) is 5.32 Å². The molecule has 0 bridgehead atoms. The minimum Gasteiger partial charge on any atom is -0.351 e. The summed E-state index contributed by atoms with van der Waals surface area (Å²) >= 11 is 0. The van der Waals surface area contributed by atoms with E-state index in [0.717, 1.165) is 0 Å². The van der Waals surface area contributed by atoms with Crippen LogP contribution in [0.3, 0.4) is 0 Å². The van der Waals surface area contributed by atoms with Crippen molar-refractivity contribution < 1.29 is 9.72 Å². The molecule has 0 saturated carbocycles. The summed E-state index contributed by atoms with van der Waals surface area (Å²) in [7, 11) is 0. The fraction of sp³-hybridized carbons (Fsp3) is 0.417. The molecule has 1 aromatic rings. The molecule has 0 unspecified atom stereocenters. The van der Waals surface area contributed by atoms with Crippen LogP contribution in [-0.4, -0.2) is 17.4 Å². The fourth-order valence-corrected chi connectivity index (χ4v) is 1.40. The summed E-state index contributed by atoms with van der Waals surface area (Å²) in [6.07, 6.45) is 0. The molecule has 0 aliphatic heterocycles. The summed E-state index contributed by atoms with van der Waals surface area (Å²) < 4.78 is 0. The number of nitrogen functional groups attached to an aromatic ring is 1. The number of nitrogens with two attached hydrogens (primary N) is 1. The van der Waals surface area contributed by atoms with Crippen molar-refractivity contribution in [3.63, 3.8) is 0 Å². The number of carbonyl (C=O) groups excluding carboxylic acids is 1. The Morgan fingerprint density at radius 1 is 1.42 bits per heavy atom. The molecule has 0 atom stereocenters. The van der Waals surface area contributed by atoms with Gasteiger partial charge in [0.2, 0.25) is 0 Å². The van der Waals surface area contributed by atoms with E-state index in [0.29, 0.717) is 12.2 Å². The van der Waals surface area contributed by atoms with Crippen molar-refractivity contribution in [3.05, 3.63) is 33.9 Å². The summed E-state index contributed by atoms with van der Waals surface area (Å²) in [6.45, 7) is 6.38. The van der Waals surface area contributed by atoms with E-state index in [1.807, 2.05) is 20.8 Å². The maximum Gasteiger partial charge on any atom is 0.270 e. The zero-order valence-corrected chi connectivity index (χ0v) is 11.2. The van der Waals surface area contributed by atoms with Gasteiger partial charge in [0, 0.05) is 18.7 Å². The summed E-state index contributed by atoms with van der Waals surface area (Å²) in [5, 5.41) is 13.4. The lowest BCUT2D eigenvalue weighted by Crippen LogP contribution is -2.33. The highest BCUT2D eigenvalue weighted by Crippen LogP contribution is 2.21. The van der Waals surface area contributed by atoms with Gasteiger partial charge >= 0.3 is 0 Å². The van der Waals surface area contributed by atoms with Crippen LogP contribution in [-0.2, 0) is 0 Å². The third-order valence-electron chi connectivity index (χ3n) is 2.39. The Morgan fingerprint density at radius 2 is 2.05 bits per heavy atom. The fourth-order valence-electron chi connectivity index (χ4n) is 1.40. The van der Waals surface area contributed by atoms with Crippen LogP contribution < -0.4 is 16.6 Å². The zero-order valence-electron chi connectivity index (χ0n) is 11.2. The number of anilines is 1. The van der Waals surface area contributed by atoms with E-state index in [-0.39, 0.29) is 16.7 Å². The molecule has 4 N–H and O–H groups in total. The highest BCUT2D eigenvalue weighted by atomic mass is 16.6. The Kier molecular flexibility index (Phi) is 4.44. The topological polar surface area (TPSA) is 110 Å². The zero-order chi connectivity index (χ0) is 14.6. The monoisotopic (exact) mass is 266 g/mol. The summed E-state index contributed by atoms with van der Waals surface area (Å²) in [6, 6.07) is 3.90. The van der Waals surface area contributed by atoms with Gasteiger partial charge in [-0.15, -0.1) is 0 Å². The summed E-state index contributed by atoms with van der Waals surface area (Å²) in [4.78, 5) is 22.2. The molecule has 1 amide bonds. The van der Waals surface area contributed by atoms with Gasteiger partial charge in [0.15, 0.2) is 0 Å². The second kappa shape index (κ2) is 5.66. The van der Waals surface area contributed by atoms with Crippen LogP contribution >= 0.6 is 0 Å². The average molecular weight is 266 g/mol. The standard InChI is InChI=1S/C12H18N4O3/c1-12(2,3)7-14-11(17)9-6-8(16(18)19)4-5-10(9)15-13/h4-6,15H,7,13H2,1-3H3,(H,14,17). The molecule has 0 aliphatic carbocycles. The SMILES string of the molecule is CC(C)(C)CNC(=O)c1cc([N+](=O)[O-])ccc1NN. The van der Waals surface area contributed by atoms with Crippen molar-refractivity contribution in [2.24, 2.45) is 11.3 Å². The first-order valence-electron chi connectivity index (χ1n) is 5.78. The van der Waals surface area contributed by atoms with E-state index in [4.69, 9.17) is 5.84 Å². The first-order chi connectivity index (χ1) is 8.74. The number of carbonyl (C=O) groups is 1. The Balaban J connectivity index is 2.99. The maximum atomic E-state index is 12.0. The van der Waals surface area contributed by atoms with Crippen molar-refractivity contribution in [1.29, 1.82) is 0 Å². The number of benzene rings is 1. The number of nitrogens with zero attached hydrogens (tertiary/aromatic N) is 1. The lowest BCUT2D eigenvalue weighted by atomic mass is 9.97. The van der Waals surface area contributed by atoms with Crippen molar-refractivity contribution in [2.75, 3.05) is 12.0 Å². The molecule has 7 heteroatoms. The lowest BCUT2D eigenvalue weighted by molar-refractivity contribution is -0.384. The van der Waals surface area contributed by atoms with Crippen molar-refractivity contribution >= 4 is 17.3 Å². The van der Waals surface area contributed by atoms with E-state index in [1.54, 1.807) is 0 Å². The van der Waals surface area contributed by atoms with Crippen LogP contribution in [0.25, 0.3) is 0 Å². The van der Waals surface area contributed by atoms with Gasteiger partial charge in [-0.3, -0.25) is 20.8 Å². The Bertz CT molecular complexity index is 494. The molecule has 104 valence electrons. The Hall–Kier alpha value is -2.15. The van der Waals surface area contributed by atoms with Crippen LogP contribution in [0.2, 0.25) is 0 Å². The quantitative estimate of drug-likeness (QED) is 0.436. The Labute approximate surface area is 111 Å². The molecular weight excluding hydrogens is 248 g/mol. The summed E-state index contributed by atoms with van der Waals surface area (Å²) in [5.41, 5.74) is 2.62. The molecule has 0 fully saturated rings. The minimum absolute atomic E-state index is 0.0767. The van der Waals surface area contributed by atoms with Gasteiger partial charge < -0.3 is 10.7 Å². The van der Waals surface area contributed by atoms with Crippen LogP contribution in [0.15, 0.2) is 18.2 Å². The number of hydrogen-bond donors (Lipinski definition) is 3. The molecule has 19 heavy (non-hydrogen) atoms. The number of hydrogen-bond acceptors (Lipinski definition) is 5. The molecule has 0 spiro atoms. The number of nitro groups is 1. The van der Waals surface area contributed by atoms with Crippen LogP contribution in [0.1, 0.15) is 31.1 Å². The molecule has 1 aromatic carbocycles. The molecular formula is C12H18N4O3. The molecule has 7 nitrogen and oxygen atoms in total. The van der Waals surface area contributed by atoms with Crippen LogP contribution in [0.4, 0.5) is 11.4 Å². The highest BCUT2D eigenvalue weighted by Gasteiger charge is 2.18. The number of non-ortho nitro benzene ring substituents is 1. The predicted molar refractivity (Wildman–Crippen MR) is 72.7 cm³/mol. The van der Waals surface area contributed by atoms with E-state index in [1.165, 1.54) is 18.2 Å². The van der Waals surface area contributed by atoms with E-state index >= 15 is 0 Å². The van der Waals surface area contributed by atoms with Gasteiger partial charge in [-0.25, -0.2) is 0 Å². The van der Waals surface area contributed by atoms with E-state index in [9.17, 15) is 14.9 Å². The molecule has 0 saturated heterocycles. The first kappa shape index (κ1) is 14.9. The van der Waals surface area contributed by atoms with Gasteiger partial charge in [-0.1, -0.05) is 20.8 Å². The smallest absolute Gasteiger partial charge is 0.270 e. The van der Waals surface area contributed by atoms with E-state index in [2.05, 4.69) is 10.7 Å². The number of rotatable bonds is 4. The molecule has 0 aromatic heterocycles. The first-order valence-corrected chi connectivity index (χ1v) is 5.78. The normalized spacial score (nSPS) is 10.9. The number of hydrazine groups is 1. The minimum atomic E-state index is -0.555. The molecule has 1 rings (SSSR count). The third kappa shape index (κ3) is 4.22. The Morgan fingerprint density at radius 3 is 2.53 bits per heavy atom. The third-order valence-corrected chi connectivity index (χ3v) is 2.39. The van der Waals surface area contributed by atoms with E-state index < -0.39 is 10.8 Å². The highest BCUT2D eigenvalue weighted by molar-refractivity contribution is 6.00. The van der Waals surface area contributed by atoms with Crippen molar-refractivity contribution in [2.45, 2.75) is 20.8 Å². The van der Waals surface area contributed by atoms with Crippen molar-refractivity contribution in [3.8, 4) is 0 Å². The number of amides is 1. The van der Waals surface area contributed by atoms with Gasteiger partial charge in [0.25, 0.3) is 11.6 Å². The second-order valence-electron chi connectivity index (χ2n) is 5.37. The largest absolute Gasteiger partial charge is 0.351 e. The maximum absolute atomic E-state index is 12.0. The van der Waals surface area contributed by atoms with Crippen LogP contribution in [0.5, 0.6) is 0 Å². The van der Waals surface area contributed by atoms with Crippen LogP contribution in [0, 0.1) is 15.5 Å². The number of nitro benzene ring substituents is 1. The van der Waals surface area contributed by atoms with Gasteiger partial charge in [-0.05, 0) is 11.5 Å². The van der Waals surface area contributed by atoms with Gasteiger partial charge in [0.05, 0.1) is 16.2 Å². The van der Waals surface area contributed by atoms with Gasteiger partial charge in [-0.2, -0.15) is 0 Å². The molecule has 0 heterocycles. The molecule has 0 radical (unpaired) electrons. The summed E-state index contributed by atoms with van der Waals surface area (Å²) in [5.74, 6) is 4.90. The number of nitrogens with one attached hydrogen (secondary N) is 2. The average Bonchev–Trinajstić information content (AvgIpc) is 2.34. The van der Waals surface area contributed by atoms with Gasteiger partial charge in [0.1, 0.15) is 0 Å². The lowest BCUT2D eigenvalue weighted by Gasteiger charge is -2.19.